The van der Waals surface area contributed by atoms with E-state index in [0.717, 1.165) is 0 Å². The van der Waals surface area contributed by atoms with Gasteiger partial charge in [0, 0.05) is 15.8 Å². The van der Waals surface area contributed by atoms with Gasteiger partial charge >= 0.3 is 5.91 Å². The predicted octanol–water partition coefficient (Wildman–Crippen LogP) is 2.56. The van der Waals surface area contributed by atoms with Crippen LogP contribution in [-0.2, 0) is 0 Å². The monoisotopic (exact) mass is 337 g/mol. The van der Waals surface area contributed by atoms with Gasteiger partial charge in [0.05, 0.1) is 17.3 Å². The molecule has 0 radical (unpaired) electrons. The maximum atomic E-state index is 13.7. The van der Waals surface area contributed by atoms with E-state index in [1.165, 1.54) is 23.1 Å². The summed E-state index contributed by atoms with van der Waals surface area (Å²) in [6.07, 6.45) is 2.47. The van der Waals surface area contributed by atoms with Crippen molar-refractivity contribution in [2.45, 2.75) is 0 Å². The van der Waals surface area contributed by atoms with Crippen LogP contribution in [0, 0.1) is 10.7 Å². The van der Waals surface area contributed by atoms with Gasteiger partial charge in [-0.1, -0.05) is 15.9 Å². The maximum Gasteiger partial charge on any atom is 0.319 e. The zero-order valence-electron chi connectivity index (χ0n) is 9.67. The van der Waals surface area contributed by atoms with Crippen LogP contribution in [0.3, 0.4) is 0 Å². The normalized spacial score (nSPS) is 10.9. The number of imidazole rings is 1. The van der Waals surface area contributed by atoms with Gasteiger partial charge in [0.25, 0.3) is 0 Å². The van der Waals surface area contributed by atoms with Gasteiger partial charge in [-0.15, -0.1) is 4.91 Å². The molecule has 0 unspecified atom stereocenters. The molecule has 1 aromatic carbocycles. The SMILES string of the molecule is O=NC(=O)c1cnn(-c2nc3c(F)cc(Br)cc3[nH]2)c1. The van der Waals surface area contributed by atoms with Crippen LogP contribution in [0.2, 0.25) is 0 Å². The van der Waals surface area contributed by atoms with Crippen molar-refractivity contribution in [1.82, 2.24) is 19.7 Å². The Balaban J connectivity index is 2.10. The van der Waals surface area contributed by atoms with Gasteiger partial charge in [-0.3, -0.25) is 4.79 Å². The number of aromatic nitrogens is 4. The number of nitroso groups, excluding NO2 is 1. The Kier molecular flexibility index (Phi) is 2.90. The lowest BCUT2D eigenvalue weighted by molar-refractivity contribution is 0.100. The number of hydrogen-bond acceptors (Lipinski definition) is 4. The summed E-state index contributed by atoms with van der Waals surface area (Å²) in [5.74, 6) is -1.20. The summed E-state index contributed by atoms with van der Waals surface area (Å²) in [6, 6.07) is 2.96. The molecule has 20 heavy (non-hydrogen) atoms. The Morgan fingerprint density at radius 2 is 2.25 bits per heavy atom. The molecule has 0 saturated carbocycles. The molecule has 0 bridgehead atoms. The number of fused-ring (bicyclic) bond motifs is 1. The lowest BCUT2D eigenvalue weighted by atomic mass is 10.3. The van der Waals surface area contributed by atoms with Crippen LogP contribution in [0.25, 0.3) is 17.0 Å². The highest BCUT2D eigenvalue weighted by Gasteiger charge is 2.13. The van der Waals surface area contributed by atoms with Crippen LogP contribution in [0.5, 0.6) is 0 Å². The topological polar surface area (TPSA) is 93.0 Å². The molecule has 0 atom stereocenters. The quantitative estimate of drug-likeness (QED) is 0.727. The standard InChI is InChI=1S/C11H5BrFN5O2/c12-6-1-7(13)9-8(2-6)15-11(16-9)18-4-5(3-14-18)10(19)17-20/h1-4H,(H,15,16). The first-order valence-corrected chi connectivity index (χ1v) is 6.15. The van der Waals surface area contributed by atoms with Crippen LogP contribution >= 0.6 is 15.9 Å². The average molecular weight is 338 g/mol. The van der Waals surface area contributed by atoms with E-state index in [-0.39, 0.29) is 17.0 Å². The van der Waals surface area contributed by atoms with Crippen LogP contribution in [0.15, 0.2) is 34.2 Å². The zero-order chi connectivity index (χ0) is 14.3. The predicted molar refractivity (Wildman–Crippen MR) is 71.0 cm³/mol. The summed E-state index contributed by atoms with van der Waals surface area (Å²) < 4.78 is 15.5. The van der Waals surface area contributed by atoms with Crippen molar-refractivity contribution in [1.29, 1.82) is 0 Å². The van der Waals surface area contributed by atoms with E-state index in [1.807, 2.05) is 0 Å². The largest absolute Gasteiger partial charge is 0.322 e. The van der Waals surface area contributed by atoms with Crippen molar-refractivity contribution >= 4 is 32.9 Å². The van der Waals surface area contributed by atoms with E-state index in [2.05, 4.69) is 36.2 Å². The number of nitrogens with zero attached hydrogens (tertiary/aromatic N) is 4. The number of carbonyl (C=O) groups excluding carboxylic acids is 1. The van der Waals surface area contributed by atoms with Crippen LogP contribution < -0.4 is 0 Å². The summed E-state index contributed by atoms with van der Waals surface area (Å²) in [5.41, 5.74) is 0.658. The zero-order valence-corrected chi connectivity index (χ0v) is 11.3. The number of halogens is 2. The smallest absolute Gasteiger partial charge is 0.319 e. The Hall–Kier alpha value is -2.42. The van der Waals surface area contributed by atoms with E-state index >= 15 is 0 Å². The molecule has 0 saturated heterocycles. The summed E-state index contributed by atoms with van der Waals surface area (Å²) in [7, 11) is 0. The van der Waals surface area contributed by atoms with E-state index in [9.17, 15) is 14.1 Å². The fraction of sp³-hybridized carbons (Fsp3) is 0. The van der Waals surface area contributed by atoms with E-state index in [4.69, 9.17) is 0 Å². The molecule has 100 valence electrons. The molecule has 0 spiro atoms. The van der Waals surface area contributed by atoms with E-state index in [0.29, 0.717) is 9.99 Å². The van der Waals surface area contributed by atoms with Crippen LogP contribution in [0.4, 0.5) is 4.39 Å². The average Bonchev–Trinajstić information content (AvgIpc) is 3.03. The maximum absolute atomic E-state index is 13.7. The lowest BCUT2D eigenvalue weighted by Crippen LogP contribution is -1.97. The fourth-order valence-electron chi connectivity index (χ4n) is 1.74. The second-order valence-electron chi connectivity index (χ2n) is 3.91. The highest BCUT2D eigenvalue weighted by Crippen LogP contribution is 2.22. The number of rotatable bonds is 2. The fourth-order valence-corrected chi connectivity index (χ4v) is 2.17. The van der Waals surface area contributed by atoms with Gasteiger partial charge < -0.3 is 4.98 Å². The van der Waals surface area contributed by atoms with Crippen LogP contribution in [-0.4, -0.2) is 25.7 Å². The van der Waals surface area contributed by atoms with E-state index < -0.39 is 11.7 Å². The minimum Gasteiger partial charge on any atom is -0.322 e. The Bertz CT molecular complexity index is 841. The van der Waals surface area contributed by atoms with Crippen molar-refractivity contribution in [3.05, 3.63) is 45.3 Å². The molecule has 7 nitrogen and oxygen atoms in total. The van der Waals surface area contributed by atoms with Crippen molar-refractivity contribution in [2.75, 3.05) is 0 Å². The van der Waals surface area contributed by atoms with Gasteiger partial charge in [-0.25, -0.2) is 14.1 Å². The molecule has 0 aliphatic rings. The second kappa shape index (κ2) is 4.60. The first kappa shape index (κ1) is 12.6. The molecular formula is C11H5BrFN5O2. The number of nitrogens with one attached hydrogen (secondary N) is 1. The van der Waals surface area contributed by atoms with Gasteiger partial charge in [-0.2, -0.15) is 5.10 Å². The van der Waals surface area contributed by atoms with Crippen molar-refractivity contribution < 1.29 is 9.18 Å². The van der Waals surface area contributed by atoms with Gasteiger partial charge in [0.2, 0.25) is 5.95 Å². The van der Waals surface area contributed by atoms with Gasteiger partial charge in [0.1, 0.15) is 5.52 Å². The third kappa shape index (κ3) is 2.01. The Morgan fingerprint density at radius 1 is 1.45 bits per heavy atom. The van der Waals surface area contributed by atoms with Gasteiger partial charge in [0.15, 0.2) is 5.82 Å². The molecule has 0 aliphatic carbocycles. The Labute approximate surface area is 118 Å². The number of aromatic amines is 1. The van der Waals surface area contributed by atoms with Crippen molar-refractivity contribution in [2.24, 2.45) is 5.18 Å². The van der Waals surface area contributed by atoms with Crippen LogP contribution in [0.1, 0.15) is 10.4 Å². The molecular weight excluding hydrogens is 333 g/mol. The van der Waals surface area contributed by atoms with Crippen molar-refractivity contribution in [3.63, 3.8) is 0 Å². The lowest BCUT2D eigenvalue weighted by Gasteiger charge is -1.92. The molecule has 2 aromatic heterocycles. The van der Waals surface area contributed by atoms with Crippen molar-refractivity contribution in [3.8, 4) is 5.95 Å². The highest BCUT2D eigenvalue weighted by atomic mass is 79.9. The first-order chi connectivity index (χ1) is 9.58. The third-order valence-corrected chi connectivity index (χ3v) is 3.08. The van der Waals surface area contributed by atoms with E-state index in [1.54, 1.807) is 6.07 Å². The minimum absolute atomic E-state index is 0.0297. The first-order valence-electron chi connectivity index (χ1n) is 5.36. The second-order valence-corrected chi connectivity index (χ2v) is 4.83. The molecule has 2 heterocycles. The Morgan fingerprint density at radius 3 is 3.00 bits per heavy atom. The molecule has 9 heteroatoms. The number of H-pyrrole nitrogens is 1. The highest BCUT2D eigenvalue weighted by molar-refractivity contribution is 9.10. The molecule has 0 aliphatic heterocycles. The molecule has 3 rings (SSSR count). The molecule has 1 N–H and O–H groups in total. The molecule has 0 fully saturated rings. The molecule has 3 aromatic rings. The summed E-state index contributed by atoms with van der Waals surface area (Å²) in [4.78, 5) is 28.2. The summed E-state index contributed by atoms with van der Waals surface area (Å²) in [5, 5.41) is 6.17. The summed E-state index contributed by atoms with van der Waals surface area (Å²) >= 11 is 3.18. The number of carbonyl (C=O) groups is 1. The third-order valence-electron chi connectivity index (χ3n) is 2.62. The van der Waals surface area contributed by atoms with Gasteiger partial charge in [-0.05, 0) is 12.1 Å². The summed E-state index contributed by atoms with van der Waals surface area (Å²) in [6.45, 7) is 0. The number of benzene rings is 1. The number of hydrogen-bond donors (Lipinski definition) is 1. The minimum atomic E-state index is -0.929. The molecule has 1 amide bonds. The number of amides is 1.